The molecule has 0 fully saturated rings. The number of carbonyl (C=O) groups is 2. The van der Waals surface area contributed by atoms with E-state index in [0.29, 0.717) is 15.8 Å². The first-order valence-corrected chi connectivity index (χ1v) is 11.7. The molecule has 1 N–H and O–H groups in total. The molecule has 174 valence electrons. The molecule has 0 saturated carbocycles. The second-order valence-electron chi connectivity index (χ2n) is 8.03. The van der Waals surface area contributed by atoms with Gasteiger partial charge in [0.1, 0.15) is 11.8 Å². The van der Waals surface area contributed by atoms with Crippen LogP contribution < -0.4 is 10.1 Å². The molecular weight excluding hydrogens is 459 g/mol. The molecule has 0 bridgehead atoms. The summed E-state index contributed by atoms with van der Waals surface area (Å²) in [4.78, 5) is 27.6. The highest BCUT2D eigenvalue weighted by Gasteiger charge is 2.27. The van der Waals surface area contributed by atoms with Crippen LogP contribution in [0.1, 0.15) is 32.8 Å². The first-order valence-electron chi connectivity index (χ1n) is 10.9. The minimum atomic E-state index is -0.697. The number of hydrogen-bond donors (Lipinski definition) is 1. The number of rotatable bonds is 9. The van der Waals surface area contributed by atoms with Crippen LogP contribution in [-0.2, 0) is 16.1 Å². The molecule has 0 aliphatic carbocycles. The molecule has 2 atom stereocenters. The summed E-state index contributed by atoms with van der Waals surface area (Å²) in [6, 6.07) is 18.0. The van der Waals surface area contributed by atoms with Crippen LogP contribution in [0.5, 0.6) is 5.75 Å². The van der Waals surface area contributed by atoms with Crippen molar-refractivity contribution < 1.29 is 14.3 Å². The average molecular weight is 487 g/mol. The zero-order valence-corrected chi connectivity index (χ0v) is 20.5. The summed E-state index contributed by atoms with van der Waals surface area (Å²) in [5.74, 6) is 0.0939. The van der Waals surface area contributed by atoms with Crippen LogP contribution in [0.4, 0.5) is 0 Å². The van der Waals surface area contributed by atoms with Crippen molar-refractivity contribution in [2.75, 3.05) is 6.61 Å². The zero-order valence-electron chi connectivity index (χ0n) is 19.0. The lowest BCUT2D eigenvalue weighted by atomic mass is 10.1. The van der Waals surface area contributed by atoms with Crippen LogP contribution in [0.3, 0.4) is 0 Å². The number of benzene rings is 3. The lowest BCUT2D eigenvalue weighted by molar-refractivity contribution is -0.142. The molecule has 0 heterocycles. The minimum Gasteiger partial charge on any atom is -0.483 e. The van der Waals surface area contributed by atoms with E-state index in [1.165, 1.54) is 4.90 Å². The van der Waals surface area contributed by atoms with Crippen molar-refractivity contribution in [3.63, 3.8) is 0 Å². The van der Waals surface area contributed by atoms with E-state index < -0.39 is 6.04 Å². The number of nitrogens with zero attached hydrogens (tertiary/aromatic N) is 1. The third kappa shape index (κ3) is 6.40. The van der Waals surface area contributed by atoms with E-state index >= 15 is 0 Å². The van der Waals surface area contributed by atoms with Gasteiger partial charge < -0.3 is 15.0 Å². The van der Waals surface area contributed by atoms with Gasteiger partial charge in [0, 0.05) is 18.0 Å². The summed E-state index contributed by atoms with van der Waals surface area (Å²) in [5, 5.41) is 5.72. The van der Waals surface area contributed by atoms with Gasteiger partial charge in [-0.2, -0.15) is 0 Å². The normalized spacial score (nSPS) is 12.8. The van der Waals surface area contributed by atoms with Crippen molar-refractivity contribution in [1.29, 1.82) is 0 Å². The number of hydrogen-bond acceptors (Lipinski definition) is 3. The molecule has 0 aliphatic rings. The van der Waals surface area contributed by atoms with Crippen LogP contribution in [0.15, 0.2) is 60.7 Å². The average Bonchev–Trinajstić information content (AvgIpc) is 2.82. The van der Waals surface area contributed by atoms with Crippen molar-refractivity contribution in [2.45, 2.75) is 45.8 Å². The Bertz CT molecular complexity index is 1130. The molecule has 3 rings (SSSR count). The Morgan fingerprint density at radius 3 is 2.45 bits per heavy atom. The van der Waals surface area contributed by atoms with Crippen LogP contribution in [-0.4, -0.2) is 35.4 Å². The lowest BCUT2D eigenvalue weighted by Gasteiger charge is -2.29. The van der Waals surface area contributed by atoms with Gasteiger partial charge in [-0.15, -0.1) is 0 Å². The molecule has 0 aliphatic heterocycles. The van der Waals surface area contributed by atoms with Gasteiger partial charge in [0.05, 0.1) is 10.0 Å². The van der Waals surface area contributed by atoms with E-state index in [4.69, 9.17) is 27.9 Å². The Morgan fingerprint density at radius 2 is 1.73 bits per heavy atom. The molecule has 0 saturated heterocycles. The summed E-state index contributed by atoms with van der Waals surface area (Å²) >= 11 is 12.2. The standard InChI is InChI=1S/C26H28Cl2N2O3/c1-4-17(2)29-26(32)18(3)30(15-19-12-13-22(27)23(28)14-19)25(31)16-33-24-11-7-9-20-8-5-6-10-21(20)24/h5-14,17-18H,4,15-16H2,1-3H3,(H,29,32)/t17-,18-/m1/s1. The maximum atomic E-state index is 13.3. The highest BCUT2D eigenvalue weighted by atomic mass is 35.5. The smallest absolute Gasteiger partial charge is 0.261 e. The lowest BCUT2D eigenvalue weighted by Crippen LogP contribution is -2.50. The number of halogens is 2. The molecule has 3 aromatic carbocycles. The van der Waals surface area contributed by atoms with Crippen LogP contribution >= 0.6 is 23.2 Å². The molecule has 33 heavy (non-hydrogen) atoms. The second kappa shape index (κ2) is 11.4. The first-order chi connectivity index (χ1) is 15.8. The molecule has 0 radical (unpaired) electrons. The number of carbonyl (C=O) groups excluding carboxylic acids is 2. The Morgan fingerprint density at radius 1 is 1.00 bits per heavy atom. The summed E-state index contributed by atoms with van der Waals surface area (Å²) in [6.45, 7) is 5.64. The van der Waals surface area contributed by atoms with Crippen LogP contribution in [0.25, 0.3) is 10.8 Å². The summed E-state index contributed by atoms with van der Waals surface area (Å²) in [6.07, 6.45) is 0.795. The predicted octanol–water partition coefficient (Wildman–Crippen LogP) is 5.86. The topological polar surface area (TPSA) is 58.6 Å². The SMILES string of the molecule is CC[C@@H](C)NC(=O)[C@@H](C)N(Cc1ccc(Cl)c(Cl)c1)C(=O)COc1cccc2ccccc12. The molecule has 7 heteroatoms. The second-order valence-corrected chi connectivity index (χ2v) is 8.84. The number of amides is 2. The third-order valence-electron chi connectivity index (χ3n) is 5.61. The van der Waals surface area contributed by atoms with Gasteiger partial charge in [0.25, 0.3) is 5.91 Å². The fourth-order valence-electron chi connectivity index (χ4n) is 3.43. The van der Waals surface area contributed by atoms with Gasteiger partial charge in [0.2, 0.25) is 5.91 Å². The molecule has 0 aromatic heterocycles. The van der Waals surface area contributed by atoms with E-state index in [1.807, 2.05) is 56.3 Å². The van der Waals surface area contributed by atoms with Gasteiger partial charge in [-0.3, -0.25) is 9.59 Å². The molecule has 0 unspecified atom stereocenters. The first kappa shape index (κ1) is 24.9. The summed E-state index contributed by atoms with van der Waals surface area (Å²) < 4.78 is 5.90. The predicted molar refractivity (Wildman–Crippen MR) is 134 cm³/mol. The van der Waals surface area contributed by atoms with Crippen molar-refractivity contribution in [1.82, 2.24) is 10.2 Å². The van der Waals surface area contributed by atoms with Crippen molar-refractivity contribution in [2.24, 2.45) is 0 Å². The number of ether oxygens (including phenoxy) is 1. The summed E-state index contributed by atoms with van der Waals surface area (Å²) in [5.41, 5.74) is 0.770. The van der Waals surface area contributed by atoms with Gasteiger partial charge in [-0.05, 0) is 49.4 Å². The van der Waals surface area contributed by atoms with Crippen LogP contribution in [0.2, 0.25) is 10.0 Å². The zero-order chi connectivity index (χ0) is 24.0. The molecule has 2 amide bonds. The van der Waals surface area contributed by atoms with E-state index in [0.717, 1.165) is 22.8 Å². The van der Waals surface area contributed by atoms with Crippen molar-refractivity contribution in [3.8, 4) is 5.75 Å². The molecule has 5 nitrogen and oxygen atoms in total. The monoisotopic (exact) mass is 486 g/mol. The minimum absolute atomic E-state index is 0.00816. The molecule has 3 aromatic rings. The fourth-order valence-corrected chi connectivity index (χ4v) is 3.75. The van der Waals surface area contributed by atoms with Crippen molar-refractivity contribution >= 4 is 45.8 Å². The maximum Gasteiger partial charge on any atom is 0.261 e. The largest absolute Gasteiger partial charge is 0.483 e. The van der Waals surface area contributed by atoms with Gasteiger partial charge in [-0.25, -0.2) is 0 Å². The van der Waals surface area contributed by atoms with E-state index in [9.17, 15) is 9.59 Å². The summed E-state index contributed by atoms with van der Waals surface area (Å²) in [7, 11) is 0. The van der Waals surface area contributed by atoms with Gasteiger partial charge >= 0.3 is 0 Å². The van der Waals surface area contributed by atoms with E-state index in [1.54, 1.807) is 25.1 Å². The highest BCUT2D eigenvalue weighted by Crippen LogP contribution is 2.26. The Balaban J connectivity index is 1.81. The quantitative estimate of drug-likeness (QED) is 0.412. The maximum absolute atomic E-state index is 13.3. The highest BCUT2D eigenvalue weighted by molar-refractivity contribution is 6.42. The third-order valence-corrected chi connectivity index (χ3v) is 6.35. The number of nitrogens with one attached hydrogen (secondary N) is 1. The molecule has 0 spiro atoms. The molecular formula is C26H28Cl2N2O3. The Labute approximate surface area is 204 Å². The van der Waals surface area contributed by atoms with E-state index in [-0.39, 0.29) is 31.0 Å². The number of fused-ring (bicyclic) bond motifs is 1. The van der Waals surface area contributed by atoms with E-state index in [2.05, 4.69) is 5.32 Å². The van der Waals surface area contributed by atoms with Crippen LogP contribution in [0, 0.1) is 0 Å². The Kier molecular flexibility index (Phi) is 8.59. The van der Waals surface area contributed by atoms with Crippen molar-refractivity contribution in [3.05, 3.63) is 76.3 Å². The van der Waals surface area contributed by atoms with Gasteiger partial charge in [-0.1, -0.05) is 72.6 Å². The Hall–Kier alpha value is -2.76. The fraction of sp³-hybridized carbons (Fsp3) is 0.308. The van der Waals surface area contributed by atoms with Gasteiger partial charge in [0.15, 0.2) is 6.61 Å².